The van der Waals surface area contributed by atoms with Crippen molar-refractivity contribution in [3.63, 3.8) is 0 Å². The average Bonchev–Trinajstić information content (AvgIpc) is 2.36. The SMILES string of the molecule is Cc1ccc(C)c(Oc2cc(C(N)=O)c(N)cn2)c1. The minimum absolute atomic E-state index is 0.204. The minimum atomic E-state index is -0.606. The number of benzene rings is 1. The number of pyridine rings is 1. The number of nitrogens with two attached hydrogens (primary N) is 2. The van der Waals surface area contributed by atoms with Crippen molar-refractivity contribution in [2.24, 2.45) is 5.73 Å². The number of ether oxygens (including phenoxy) is 1. The fourth-order valence-electron chi connectivity index (χ4n) is 1.65. The van der Waals surface area contributed by atoms with E-state index in [1.165, 1.54) is 12.3 Å². The van der Waals surface area contributed by atoms with Gasteiger partial charge >= 0.3 is 0 Å². The van der Waals surface area contributed by atoms with Gasteiger partial charge in [-0.3, -0.25) is 4.79 Å². The van der Waals surface area contributed by atoms with Gasteiger partial charge in [0.2, 0.25) is 5.88 Å². The zero-order valence-electron chi connectivity index (χ0n) is 10.8. The van der Waals surface area contributed by atoms with Crippen LogP contribution in [0.15, 0.2) is 30.5 Å². The van der Waals surface area contributed by atoms with Crippen LogP contribution in [0.25, 0.3) is 0 Å². The zero-order valence-corrected chi connectivity index (χ0v) is 10.8. The summed E-state index contributed by atoms with van der Waals surface area (Å²) in [6.07, 6.45) is 1.36. The Morgan fingerprint density at radius 2 is 2.00 bits per heavy atom. The molecule has 5 heteroatoms. The van der Waals surface area contributed by atoms with Crippen LogP contribution in [0.1, 0.15) is 21.5 Å². The molecule has 0 unspecified atom stereocenters. The lowest BCUT2D eigenvalue weighted by Gasteiger charge is -2.10. The highest BCUT2D eigenvalue weighted by atomic mass is 16.5. The van der Waals surface area contributed by atoms with Crippen molar-refractivity contribution in [3.8, 4) is 11.6 Å². The second-order valence-electron chi connectivity index (χ2n) is 4.35. The van der Waals surface area contributed by atoms with Crippen LogP contribution in [0.3, 0.4) is 0 Å². The van der Waals surface area contributed by atoms with Crippen molar-refractivity contribution in [1.29, 1.82) is 0 Å². The summed E-state index contributed by atoms with van der Waals surface area (Å²) in [6, 6.07) is 7.29. The molecular formula is C14H15N3O2. The predicted molar refractivity (Wildman–Crippen MR) is 73.2 cm³/mol. The molecule has 0 atom stereocenters. The van der Waals surface area contributed by atoms with E-state index < -0.39 is 5.91 Å². The van der Waals surface area contributed by atoms with Crippen LogP contribution in [0.4, 0.5) is 5.69 Å². The van der Waals surface area contributed by atoms with Crippen molar-refractivity contribution < 1.29 is 9.53 Å². The third kappa shape index (κ3) is 2.82. The number of nitrogens with zero attached hydrogens (tertiary/aromatic N) is 1. The number of aromatic nitrogens is 1. The number of hydrogen-bond acceptors (Lipinski definition) is 4. The summed E-state index contributed by atoms with van der Waals surface area (Å²) in [7, 11) is 0. The molecule has 5 nitrogen and oxygen atoms in total. The van der Waals surface area contributed by atoms with Crippen LogP contribution < -0.4 is 16.2 Å². The molecule has 4 N–H and O–H groups in total. The molecule has 0 fully saturated rings. The molecule has 0 aliphatic heterocycles. The molecular weight excluding hydrogens is 242 g/mol. The molecule has 1 aromatic carbocycles. The number of nitrogen functional groups attached to an aromatic ring is 1. The molecule has 0 radical (unpaired) electrons. The monoisotopic (exact) mass is 257 g/mol. The third-order valence-corrected chi connectivity index (χ3v) is 2.73. The second-order valence-corrected chi connectivity index (χ2v) is 4.35. The van der Waals surface area contributed by atoms with Crippen LogP contribution in [0, 0.1) is 13.8 Å². The number of aryl methyl sites for hydroxylation is 2. The van der Waals surface area contributed by atoms with E-state index >= 15 is 0 Å². The lowest BCUT2D eigenvalue weighted by Crippen LogP contribution is -2.14. The Hall–Kier alpha value is -2.56. The molecule has 2 rings (SSSR count). The molecule has 2 aromatic rings. The Morgan fingerprint density at radius 1 is 1.26 bits per heavy atom. The lowest BCUT2D eigenvalue weighted by atomic mass is 10.1. The first kappa shape index (κ1) is 12.9. The molecule has 1 amide bonds. The maximum Gasteiger partial charge on any atom is 0.251 e. The van der Waals surface area contributed by atoms with Gasteiger partial charge in [-0.25, -0.2) is 4.98 Å². The van der Waals surface area contributed by atoms with E-state index in [-0.39, 0.29) is 17.1 Å². The second kappa shape index (κ2) is 4.97. The number of amides is 1. The van der Waals surface area contributed by atoms with E-state index in [2.05, 4.69) is 4.98 Å². The van der Waals surface area contributed by atoms with Gasteiger partial charge in [0.1, 0.15) is 5.75 Å². The number of carbonyl (C=O) groups is 1. The molecule has 1 heterocycles. The molecule has 0 saturated heterocycles. The number of hydrogen-bond donors (Lipinski definition) is 2. The number of carbonyl (C=O) groups excluding carboxylic acids is 1. The van der Waals surface area contributed by atoms with Crippen LogP contribution in [-0.4, -0.2) is 10.9 Å². The summed E-state index contributed by atoms with van der Waals surface area (Å²) in [5, 5.41) is 0. The molecule has 19 heavy (non-hydrogen) atoms. The van der Waals surface area contributed by atoms with E-state index in [4.69, 9.17) is 16.2 Å². The first-order chi connectivity index (χ1) is 8.97. The van der Waals surface area contributed by atoms with Crippen molar-refractivity contribution in [2.75, 3.05) is 5.73 Å². The van der Waals surface area contributed by atoms with Crippen LogP contribution in [0.2, 0.25) is 0 Å². The Bertz CT molecular complexity index is 639. The standard InChI is InChI=1S/C14H15N3O2/c1-8-3-4-9(2)12(5-8)19-13-6-10(14(16)18)11(15)7-17-13/h3-7H,15H2,1-2H3,(H2,16,18). The Labute approximate surface area is 111 Å². The highest BCUT2D eigenvalue weighted by Gasteiger charge is 2.10. The Kier molecular flexibility index (Phi) is 3.37. The van der Waals surface area contributed by atoms with Gasteiger partial charge in [-0.15, -0.1) is 0 Å². The third-order valence-electron chi connectivity index (χ3n) is 2.73. The van der Waals surface area contributed by atoms with Gasteiger partial charge in [0.05, 0.1) is 17.4 Å². The molecule has 0 aliphatic rings. The van der Waals surface area contributed by atoms with Gasteiger partial charge in [-0.1, -0.05) is 12.1 Å². The number of primary amides is 1. The maximum absolute atomic E-state index is 11.2. The predicted octanol–water partition coefficient (Wildman–Crippen LogP) is 2.17. The normalized spacial score (nSPS) is 10.2. The smallest absolute Gasteiger partial charge is 0.251 e. The quantitative estimate of drug-likeness (QED) is 0.881. The molecule has 98 valence electrons. The van der Waals surface area contributed by atoms with Gasteiger partial charge in [-0.05, 0) is 31.0 Å². The van der Waals surface area contributed by atoms with Crippen LogP contribution >= 0.6 is 0 Å². The van der Waals surface area contributed by atoms with Gasteiger partial charge in [-0.2, -0.15) is 0 Å². The van der Waals surface area contributed by atoms with Gasteiger partial charge in [0, 0.05) is 6.07 Å². The van der Waals surface area contributed by atoms with E-state index in [1.807, 2.05) is 32.0 Å². The largest absolute Gasteiger partial charge is 0.439 e. The van der Waals surface area contributed by atoms with Gasteiger partial charge in [0.25, 0.3) is 5.91 Å². The first-order valence-corrected chi connectivity index (χ1v) is 5.78. The van der Waals surface area contributed by atoms with E-state index in [9.17, 15) is 4.79 Å². The zero-order chi connectivity index (χ0) is 14.0. The maximum atomic E-state index is 11.2. The summed E-state index contributed by atoms with van der Waals surface area (Å²) in [6.45, 7) is 3.90. The van der Waals surface area contributed by atoms with Crippen LogP contribution in [0.5, 0.6) is 11.6 Å². The van der Waals surface area contributed by atoms with Crippen molar-refractivity contribution in [3.05, 3.63) is 47.2 Å². The van der Waals surface area contributed by atoms with Gasteiger partial charge in [0.15, 0.2) is 0 Å². The summed E-state index contributed by atoms with van der Waals surface area (Å²) >= 11 is 0. The molecule has 0 bridgehead atoms. The molecule has 0 aliphatic carbocycles. The molecule has 1 aromatic heterocycles. The van der Waals surface area contributed by atoms with E-state index in [1.54, 1.807) is 0 Å². The van der Waals surface area contributed by atoms with Gasteiger partial charge < -0.3 is 16.2 Å². The fourth-order valence-corrected chi connectivity index (χ4v) is 1.65. The highest BCUT2D eigenvalue weighted by Crippen LogP contribution is 2.26. The lowest BCUT2D eigenvalue weighted by molar-refractivity contribution is 0.100. The summed E-state index contributed by atoms with van der Waals surface area (Å²) < 4.78 is 5.66. The summed E-state index contributed by atoms with van der Waals surface area (Å²) in [4.78, 5) is 15.2. The van der Waals surface area contributed by atoms with Crippen LogP contribution in [-0.2, 0) is 0 Å². The Morgan fingerprint density at radius 3 is 2.68 bits per heavy atom. The average molecular weight is 257 g/mol. The summed E-state index contributed by atoms with van der Waals surface area (Å²) in [5.41, 5.74) is 13.3. The number of anilines is 1. The van der Waals surface area contributed by atoms with Crippen molar-refractivity contribution in [2.45, 2.75) is 13.8 Å². The first-order valence-electron chi connectivity index (χ1n) is 5.78. The molecule has 0 spiro atoms. The fraction of sp³-hybridized carbons (Fsp3) is 0.143. The molecule has 0 saturated carbocycles. The van der Waals surface area contributed by atoms with E-state index in [0.717, 1.165) is 11.1 Å². The highest BCUT2D eigenvalue weighted by molar-refractivity contribution is 5.98. The minimum Gasteiger partial charge on any atom is -0.439 e. The van der Waals surface area contributed by atoms with E-state index in [0.29, 0.717) is 5.75 Å². The number of rotatable bonds is 3. The van der Waals surface area contributed by atoms with Crippen molar-refractivity contribution >= 4 is 11.6 Å². The summed E-state index contributed by atoms with van der Waals surface area (Å²) in [5.74, 6) is 0.370. The Balaban J connectivity index is 2.36. The topological polar surface area (TPSA) is 91.2 Å². The van der Waals surface area contributed by atoms with Crippen molar-refractivity contribution in [1.82, 2.24) is 4.98 Å².